The van der Waals surface area contributed by atoms with E-state index in [4.69, 9.17) is 9.15 Å². The second-order valence-electron chi connectivity index (χ2n) is 7.22. The predicted molar refractivity (Wildman–Crippen MR) is 118 cm³/mol. The van der Waals surface area contributed by atoms with Crippen LogP contribution in [0.3, 0.4) is 0 Å². The molecular weight excluding hydrogens is 362 g/mol. The number of amides is 1. The normalized spacial score (nSPS) is 11.8. The molecule has 0 aliphatic carbocycles. The van der Waals surface area contributed by atoms with Crippen LogP contribution in [-0.2, 0) is 4.79 Å². The SMILES string of the molecule is COc1c(/C(C)=C/C(=O)Nc2cccc3ccccc23)cc2c(C)coc2c1C. The van der Waals surface area contributed by atoms with Gasteiger partial charge in [-0.1, -0.05) is 36.4 Å². The standard InChI is InChI=1S/C25H23NO3/c1-15(20-13-21-16(2)14-29-25(21)17(3)24(20)28-4)12-23(27)26-22-11-7-9-18-8-5-6-10-19(18)22/h5-14H,1-4H3,(H,26,27)/b15-12+. The lowest BCUT2D eigenvalue weighted by Gasteiger charge is -2.13. The van der Waals surface area contributed by atoms with Crippen molar-refractivity contribution < 1.29 is 13.9 Å². The van der Waals surface area contributed by atoms with E-state index in [1.807, 2.05) is 69.3 Å². The highest BCUT2D eigenvalue weighted by atomic mass is 16.5. The van der Waals surface area contributed by atoms with Crippen LogP contribution in [0.5, 0.6) is 5.75 Å². The number of aryl methyl sites for hydroxylation is 2. The first-order valence-electron chi connectivity index (χ1n) is 9.52. The lowest BCUT2D eigenvalue weighted by molar-refractivity contribution is -0.111. The summed E-state index contributed by atoms with van der Waals surface area (Å²) >= 11 is 0. The first-order chi connectivity index (χ1) is 14.0. The van der Waals surface area contributed by atoms with Gasteiger partial charge in [0.15, 0.2) is 0 Å². The van der Waals surface area contributed by atoms with E-state index in [-0.39, 0.29) is 5.91 Å². The van der Waals surface area contributed by atoms with E-state index in [9.17, 15) is 4.79 Å². The number of nitrogens with one attached hydrogen (secondary N) is 1. The Balaban J connectivity index is 1.71. The van der Waals surface area contributed by atoms with Crippen LogP contribution in [0.2, 0.25) is 0 Å². The molecule has 0 radical (unpaired) electrons. The van der Waals surface area contributed by atoms with E-state index in [2.05, 4.69) is 5.32 Å². The summed E-state index contributed by atoms with van der Waals surface area (Å²) in [4.78, 5) is 12.8. The molecule has 4 heteroatoms. The van der Waals surface area contributed by atoms with Crippen molar-refractivity contribution >= 4 is 38.9 Å². The molecule has 0 unspecified atom stereocenters. The van der Waals surface area contributed by atoms with E-state index < -0.39 is 0 Å². The highest BCUT2D eigenvalue weighted by Crippen LogP contribution is 2.37. The van der Waals surface area contributed by atoms with Crippen LogP contribution >= 0.6 is 0 Å². The number of carbonyl (C=O) groups is 1. The van der Waals surface area contributed by atoms with Gasteiger partial charge in [0, 0.05) is 33.7 Å². The number of anilines is 1. The topological polar surface area (TPSA) is 51.5 Å². The van der Waals surface area contributed by atoms with Crippen LogP contribution < -0.4 is 10.1 Å². The third kappa shape index (κ3) is 3.38. The maximum Gasteiger partial charge on any atom is 0.248 e. The Morgan fingerprint density at radius 3 is 2.62 bits per heavy atom. The van der Waals surface area contributed by atoms with Gasteiger partial charge in [-0.05, 0) is 49.4 Å². The first kappa shape index (κ1) is 18.8. The molecule has 0 bridgehead atoms. The van der Waals surface area contributed by atoms with Crippen molar-refractivity contribution in [1.29, 1.82) is 0 Å². The van der Waals surface area contributed by atoms with Crippen LogP contribution in [0.15, 0.2) is 65.3 Å². The van der Waals surface area contributed by atoms with Crippen molar-refractivity contribution in [2.45, 2.75) is 20.8 Å². The molecule has 0 atom stereocenters. The number of hydrogen-bond acceptors (Lipinski definition) is 3. The first-order valence-corrected chi connectivity index (χ1v) is 9.52. The van der Waals surface area contributed by atoms with Crippen LogP contribution in [0.4, 0.5) is 5.69 Å². The smallest absolute Gasteiger partial charge is 0.248 e. The second kappa shape index (κ2) is 7.47. The Hall–Kier alpha value is -3.53. The molecule has 4 aromatic rings. The van der Waals surface area contributed by atoms with Crippen molar-refractivity contribution in [2.24, 2.45) is 0 Å². The lowest BCUT2D eigenvalue weighted by Crippen LogP contribution is -2.09. The highest BCUT2D eigenvalue weighted by molar-refractivity contribution is 6.09. The average Bonchev–Trinajstić information content (AvgIpc) is 3.09. The Bertz CT molecular complexity index is 1260. The summed E-state index contributed by atoms with van der Waals surface area (Å²) in [6, 6.07) is 15.9. The fourth-order valence-corrected chi connectivity index (χ4v) is 3.77. The third-order valence-corrected chi connectivity index (χ3v) is 5.26. The van der Waals surface area contributed by atoms with Crippen molar-refractivity contribution in [3.8, 4) is 5.75 Å². The Morgan fingerprint density at radius 2 is 1.83 bits per heavy atom. The molecule has 3 aromatic carbocycles. The second-order valence-corrected chi connectivity index (χ2v) is 7.22. The molecular formula is C25H23NO3. The third-order valence-electron chi connectivity index (χ3n) is 5.26. The van der Waals surface area contributed by atoms with Gasteiger partial charge in [-0.2, -0.15) is 0 Å². The van der Waals surface area contributed by atoms with Crippen molar-refractivity contribution in [3.63, 3.8) is 0 Å². The van der Waals surface area contributed by atoms with E-state index in [1.165, 1.54) is 0 Å². The maximum absolute atomic E-state index is 12.8. The Labute approximate surface area is 169 Å². The van der Waals surface area contributed by atoms with E-state index >= 15 is 0 Å². The number of methoxy groups -OCH3 is 1. The molecule has 4 rings (SSSR count). The number of fused-ring (bicyclic) bond motifs is 2. The van der Waals surface area contributed by atoms with Crippen LogP contribution in [0.25, 0.3) is 27.3 Å². The fourth-order valence-electron chi connectivity index (χ4n) is 3.77. The number of hydrogen-bond donors (Lipinski definition) is 1. The molecule has 1 heterocycles. The molecule has 1 N–H and O–H groups in total. The molecule has 1 aromatic heterocycles. The number of benzene rings is 3. The average molecular weight is 385 g/mol. The van der Waals surface area contributed by atoms with Gasteiger partial charge in [-0.3, -0.25) is 4.79 Å². The molecule has 0 spiro atoms. The summed E-state index contributed by atoms with van der Waals surface area (Å²) < 4.78 is 11.3. The molecule has 1 amide bonds. The number of ether oxygens (including phenoxy) is 1. The summed E-state index contributed by atoms with van der Waals surface area (Å²) in [5, 5.41) is 6.13. The minimum Gasteiger partial charge on any atom is -0.496 e. The van der Waals surface area contributed by atoms with Crippen LogP contribution in [0.1, 0.15) is 23.6 Å². The van der Waals surface area contributed by atoms with Gasteiger partial charge in [0.2, 0.25) is 5.91 Å². The summed E-state index contributed by atoms with van der Waals surface area (Å²) in [6.45, 7) is 5.89. The van der Waals surface area contributed by atoms with Gasteiger partial charge in [-0.15, -0.1) is 0 Å². The van der Waals surface area contributed by atoms with Crippen LogP contribution in [-0.4, -0.2) is 13.0 Å². The van der Waals surface area contributed by atoms with Gasteiger partial charge in [-0.25, -0.2) is 0 Å². The van der Waals surface area contributed by atoms with Crippen LogP contribution in [0, 0.1) is 13.8 Å². The molecule has 29 heavy (non-hydrogen) atoms. The van der Waals surface area contributed by atoms with Crippen molar-refractivity contribution in [2.75, 3.05) is 12.4 Å². The highest BCUT2D eigenvalue weighted by Gasteiger charge is 2.17. The largest absolute Gasteiger partial charge is 0.496 e. The van der Waals surface area contributed by atoms with Gasteiger partial charge in [0.05, 0.1) is 13.4 Å². The quantitative estimate of drug-likeness (QED) is 0.422. The predicted octanol–water partition coefficient (Wildman–Crippen LogP) is 6.25. The van der Waals surface area contributed by atoms with Crippen molar-refractivity contribution in [1.82, 2.24) is 0 Å². The minimum absolute atomic E-state index is 0.178. The Kier molecular flexibility index (Phi) is 4.85. The number of carbonyl (C=O) groups excluding carboxylic acids is 1. The van der Waals surface area contributed by atoms with E-state index in [0.29, 0.717) is 0 Å². The molecule has 0 aliphatic heterocycles. The zero-order chi connectivity index (χ0) is 20.5. The zero-order valence-electron chi connectivity index (χ0n) is 17.0. The van der Waals surface area contributed by atoms with Gasteiger partial charge in [0.1, 0.15) is 11.3 Å². The van der Waals surface area contributed by atoms with Gasteiger partial charge >= 0.3 is 0 Å². The maximum atomic E-state index is 12.8. The fraction of sp³-hybridized carbons (Fsp3) is 0.160. The summed E-state index contributed by atoms with van der Waals surface area (Å²) in [5.41, 5.74) is 5.30. The number of allylic oxidation sites excluding steroid dienone is 1. The monoisotopic (exact) mass is 385 g/mol. The molecule has 0 saturated heterocycles. The van der Waals surface area contributed by atoms with E-state index in [1.54, 1.807) is 19.4 Å². The zero-order valence-corrected chi connectivity index (χ0v) is 17.0. The Morgan fingerprint density at radius 1 is 1.07 bits per heavy atom. The molecule has 0 fully saturated rings. The molecule has 146 valence electrons. The summed E-state index contributed by atoms with van der Waals surface area (Å²) in [7, 11) is 1.64. The number of rotatable bonds is 4. The summed E-state index contributed by atoms with van der Waals surface area (Å²) in [6.07, 6.45) is 3.35. The molecule has 0 saturated carbocycles. The van der Waals surface area contributed by atoms with Gasteiger partial charge in [0.25, 0.3) is 0 Å². The minimum atomic E-state index is -0.178. The van der Waals surface area contributed by atoms with E-state index in [0.717, 1.165) is 55.4 Å². The number of furan rings is 1. The lowest BCUT2D eigenvalue weighted by atomic mass is 9.98. The van der Waals surface area contributed by atoms with Gasteiger partial charge < -0.3 is 14.5 Å². The molecule has 4 nitrogen and oxygen atoms in total. The molecule has 0 aliphatic rings. The van der Waals surface area contributed by atoms with Crippen molar-refractivity contribution in [3.05, 3.63) is 77.6 Å². The summed E-state index contributed by atoms with van der Waals surface area (Å²) in [5.74, 6) is 0.543.